The molecule has 11 heteroatoms. The summed E-state index contributed by atoms with van der Waals surface area (Å²) in [6, 6.07) is 6.61. The lowest BCUT2D eigenvalue weighted by Gasteiger charge is -2.19. The fourth-order valence-corrected chi connectivity index (χ4v) is 2.85. The monoisotopic (exact) mass is 440 g/mol. The minimum Gasteiger partial charge on any atom is -0.493 e. The Morgan fingerprint density at radius 2 is 1.74 bits per heavy atom. The molecule has 2 aromatic rings. The fraction of sp³-hybridized carbons (Fsp3) is 0.350. The number of methoxy groups -OCH3 is 2. The number of rotatable bonds is 10. The standard InChI is InChI=1S/C20H22F2N2O7/c1-5-30-18-10-14(24(26)27)13(9-17(18)29-4)19(25)23(2)11-12-6-7-15(31-20(21)22)16(8-12)28-3/h6-10,20H,5,11H2,1-4H3. The third kappa shape index (κ3) is 5.71. The zero-order valence-electron chi connectivity index (χ0n) is 17.4. The molecule has 0 heterocycles. The maximum absolute atomic E-state index is 12.9. The number of nitrogens with zero attached hydrogens (tertiary/aromatic N) is 2. The van der Waals surface area contributed by atoms with Crippen molar-refractivity contribution in [2.45, 2.75) is 20.1 Å². The maximum atomic E-state index is 12.9. The van der Waals surface area contributed by atoms with E-state index in [1.807, 2.05) is 0 Å². The first-order valence-corrected chi connectivity index (χ1v) is 9.08. The lowest BCUT2D eigenvalue weighted by Crippen LogP contribution is -2.27. The van der Waals surface area contributed by atoms with E-state index in [0.717, 1.165) is 6.07 Å². The van der Waals surface area contributed by atoms with Gasteiger partial charge in [0.05, 0.1) is 31.8 Å². The van der Waals surface area contributed by atoms with Gasteiger partial charge in [-0.3, -0.25) is 14.9 Å². The Bertz CT molecular complexity index is 953. The van der Waals surface area contributed by atoms with Crippen LogP contribution in [-0.2, 0) is 6.54 Å². The van der Waals surface area contributed by atoms with Crippen molar-refractivity contribution in [1.29, 1.82) is 0 Å². The third-order valence-corrected chi connectivity index (χ3v) is 4.22. The molecule has 0 aliphatic rings. The number of ether oxygens (including phenoxy) is 4. The van der Waals surface area contributed by atoms with Crippen molar-refractivity contribution < 1.29 is 37.4 Å². The molecule has 0 aromatic heterocycles. The number of carbonyl (C=O) groups excluding carboxylic acids is 1. The molecular weight excluding hydrogens is 418 g/mol. The summed E-state index contributed by atoms with van der Waals surface area (Å²) in [7, 11) is 4.10. The minimum absolute atomic E-state index is 0.0246. The van der Waals surface area contributed by atoms with Gasteiger partial charge in [0.15, 0.2) is 23.0 Å². The first kappa shape index (κ1) is 23.6. The molecule has 168 valence electrons. The first-order valence-electron chi connectivity index (χ1n) is 9.08. The quantitative estimate of drug-likeness (QED) is 0.408. The maximum Gasteiger partial charge on any atom is 0.387 e. The van der Waals surface area contributed by atoms with Gasteiger partial charge in [0.25, 0.3) is 11.6 Å². The van der Waals surface area contributed by atoms with Gasteiger partial charge in [-0.15, -0.1) is 0 Å². The number of halogens is 2. The Labute approximate surface area is 177 Å². The lowest BCUT2D eigenvalue weighted by atomic mass is 10.1. The molecule has 0 bridgehead atoms. The molecule has 2 aromatic carbocycles. The summed E-state index contributed by atoms with van der Waals surface area (Å²) >= 11 is 0. The van der Waals surface area contributed by atoms with Crippen LogP contribution in [0.3, 0.4) is 0 Å². The predicted octanol–water partition coefficient (Wildman–Crippen LogP) is 3.88. The van der Waals surface area contributed by atoms with E-state index in [1.54, 1.807) is 6.92 Å². The van der Waals surface area contributed by atoms with Crippen molar-refractivity contribution >= 4 is 11.6 Å². The van der Waals surface area contributed by atoms with Crippen LogP contribution < -0.4 is 18.9 Å². The number of hydrogen-bond donors (Lipinski definition) is 0. The Balaban J connectivity index is 2.33. The molecule has 0 radical (unpaired) electrons. The molecule has 0 saturated carbocycles. The van der Waals surface area contributed by atoms with E-state index in [2.05, 4.69) is 4.74 Å². The molecule has 0 fully saturated rings. The Kier molecular flexibility index (Phi) is 7.94. The lowest BCUT2D eigenvalue weighted by molar-refractivity contribution is -0.385. The molecule has 0 spiro atoms. The average Bonchev–Trinajstić information content (AvgIpc) is 2.73. The van der Waals surface area contributed by atoms with Gasteiger partial charge < -0.3 is 23.8 Å². The zero-order valence-corrected chi connectivity index (χ0v) is 17.4. The number of nitro benzene ring substituents is 1. The van der Waals surface area contributed by atoms with E-state index in [0.29, 0.717) is 5.56 Å². The van der Waals surface area contributed by atoms with Gasteiger partial charge >= 0.3 is 6.61 Å². The number of carbonyl (C=O) groups is 1. The van der Waals surface area contributed by atoms with Gasteiger partial charge in [-0.1, -0.05) is 6.07 Å². The van der Waals surface area contributed by atoms with E-state index in [9.17, 15) is 23.7 Å². The summed E-state index contributed by atoms with van der Waals surface area (Å²) in [6.45, 7) is -1.02. The summed E-state index contributed by atoms with van der Waals surface area (Å²) < 4.78 is 44.9. The molecule has 2 rings (SSSR count). The second kappa shape index (κ2) is 10.4. The van der Waals surface area contributed by atoms with Crippen LogP contribution in [0.25, 0.3) is 0 Å². The molecular formula is C20H22F2N2O7. The van der Waals surface area contributed by atoms with Crippen molar-refractivity contribution in [2.24, 2.45) is 0 Å². The van der Waals surface area contributed by atoms with Gasteiger partial charge in [-0.25, -0.2) is 0 Å². The largest absolute Gasteiger partial charge is 0.493 e. The van der Waals surface area contributed by atoms with E-state index >= 15 is 0 Å². The van der Waals surface area contributed by atoms with Crippen molar-refractivity contribution in [3.8, 4) is 23.0 Å². The predicted molar refractivity (Wildman–Crippen MR) is 106 cm³/mol. The molecule has 31 heavy (non-hydrogen) atoms. The van der Waals surface area contributed by atoms with Crippen LogP contribution in [-0.4, -0.2) is 50.2 Å². The summed E-state index contributed by atoms with van der Waals surface area (Å²) in [4.78, 5) is 25.0. The summed E-state index contributed by atoms with van der Waals surface area (Å²) in [5.74, 6) is -0.399. The van der Waals surface area contributed by atoms with Crippen LogP contribution in [0, 0.1) is 10.1 Å². The SMILES string of the molecule is CCOc1cc([N+](=O)[O-])c(C(=O)N(C)Cc2ccc(OC(F)F)c(OC)c2)cc1OC. The van der Waals surface area contributed by atoms with Crippen LogP contribution in [0.15, 0.2) is 30.3 Å². The van der Waals surface area contributed by atoms with Crippen molar-refractivity contribution in [3.63, 3.8) is 0 Å². The Hall–Kier alpha value is -3.63. The number of alkyl halides is 2. The number of nitro groups is 1. The normalized spacial score (nSPS) is 10.5. The Morgan fingerprint density at radius 1 is 1.10 bits per heavy atom. The average molecular weight is 440 g/mol. The Morgan fingerprint density at radius 3 is 2.29 bits per heavy atom. The highest BCUT2D eigenvalue weighted by atomic mass is 19.3. The van der Waals surface area contributed by atoms with Crippen LogP contribution >= 0.6 is 0 Å². The number of benzene rings is 2. The highest BCUT2D eigenvalue weighted by Gasteiger charge is 2.27. The van der Waals surface area contributed by atoms with Crippen molar-refractivity contribution in [3.05, 3.63) is 51.6 Å². The van der Waals surface area contributed by atoms with Gasteiger partial charge in [0.1, 0.15) is 5.56 Å². The van der Waals surface area contributed by atoms with Crippen molar-refractivity contribution in [1.82, 2.24) is 4.90 Å². The van der Waals surface area contributed by atoms with Gasteiger partial charge in [-0.2, -0.15) is 8.78 Å². The topological polar surface area (TPSA) is 100 Å². The smallest absolute Gasteiger partial charge is 0.387 e. The summed E-state index contributed by atoms with van der Waals surface area (Å²) in [5.41, 5.74) is -0.0772. The second-order valence-electron chi connectivity index (χ2n) is 6.24. The highest BCUT2D eigenvalue weighted by Crippen LogP contribution is 2.36. The second-order valence-corrected chi connectivity index (χ2v) is 6.24. The van der Waals surface area contributed by atoms with Crippen LogP contribution in [0.2, 0.25) is 0 Å². The number of hydrogen-bond acceptors (Lipinski definition) is 7. The molecule has 0 saturated heterocycles. The fourth-order valence-electron chi connectivity index (χ4n) is 2.85. The van der Waals surface area contributed by atoms with Gasteiger partial charge in [0.2, 0.25) is 0 Å². The van der Waals surface area contributed by atoms with Crippen LogP contribution in [0.4, 0.5) is 14.5 Å². The van der Waals surface area contributed by atoms with Crippen LogP contribution in [0.5, 0.6) is 23.0 Å². The molecule has 9 nitrogen and oxygen atoms in total. The van der Waals surface area contributed by atoms with E-state index in [4.69, 9.17) is 14.2 Å². The molecule has 0 N–H and O–H groups in total. The van der Waals surface area contributed by atoms with Crippen LogP contribution in [0.1, 0.15) is 22.8 Å². The first-order chi connectivity index (χ1) is 14.7. The molecule has 1 amide bonds. The number of amides is 1. The molecule has 0 atom stereocenters. The molecule has 0 aliphatic heterocycles. The third-order valence-electron chi connectivity index (χ3n) is 4.22. The van der Waals surface area contributed by atoms with E-state index < -0.39 is 23.1 Å². The minimum atomic E-state index is -3.01. The van der Waals surface area contributed by atoms with Gasteiger partial charge in [0, 0.05) is 19.7 Å². The van der Waals surface area contributed by atoms with Gasteiger partial charge in [-0.05, 0) is 24.6 Å². The highest BCUT2D eigenvalue weighted by molar-refractivity contribution is 5.99. The molecule has 0 aliphatic carbocycles. The zero-order chi connectivity index (χ0) is 23.1. The van der Waals surface area contributed by atoms with E-state index in [1.165, 1.54) is 50.4 Å². The van der Waals surface area contributed by atoms with Crippen molar-refractivity contribution in [2.75, 3.05) is 27.9 Å². The summed E-state index contributed by atoms with van der Waals surface area (Å²) in [6.07, 6.45) is 0. The van der Waals surface area contributed by atoms with E-state index in [-0.39, 0.29) is 41.7 Å². The summed E-state index contributed by atoms with van der Waals surface area (Å²) in [5, 5.41) is 11.5. The molecule has 0 unspecified atom stereocenters.